The molecule has 36 heavy (non-hydrogen) atoms. The molecule has 1 aromatic heterocycles. The second-order valence-corrected chi connectivity index (χ2v) is 9.51. The van der Waals surface area contributed by atoms with Gasteiger partial charge in [0.2, 0.25) is 0 Å². The van der Waals surface area contributed by atoms with Crippen molar-refractivity contribution in [1.29, 1.82) is 0 Å². The zero-order valence-electron chi connectivity index (χ0n) is 21.3. The normalized spacial score (nSPS) is 14.6. The molecule has 0 spiro atoms. The third kappa shape index (κ3) is 11.3. The fourth-order valence-corrected chi connectivity index (χ4v) is 4.00. The quantitative estimate of drug-likeness (QED) is 0.0911. The number of rotatable bonds is 19. The average molecular weight is 508 g/mol. The Balaban J connectivity index is 3.24. The Labute approximate surface area is 213 Å². The first-order valence-corrected chi connectivity index (χ1v) is 12.6. The van der Waals surface area contributed by atoms with E-state index in [2.05, 4.69) is 11.1 Å². The van der Waals surface area contributed by atoms with E-state index in [1.165, 1.54) is 0 Å². The maximum atomic E-state index is 11.3. The molecule has 0 aliphatic heterocycles. The zero-order valence-corrected chi connectivity index (χ0v) is 21.3. The summed E-state index contributed by atoms with van der Waals surface area (Å²) in [4.78, 5) is 33.7. The van der Waals surface area contributed by atoms with E-state index in [1.807, 2.05) is 12.3 Å². The van der Waals surface area contributed by atoms with Gasteiger partial charge in [-0.25, -0.2) is 4.57 Å². The van der Waals surface area contributed by atoms with Crippen molar-refractivity contribution in [3.8, 4) is 0 Å². The number of carbonyl (C=O) groups is 3. The number of nitrogens with zero attached hydrogens (tertiary/aromatic N) is 1. The van der Waals surface area contributed by atoms with E-state index in [4.69, 9.17) is 22.3 Å². The number of hydrogen-bond donors (Lipinski definition) is 6. The molecular weight excluding hydrogens is 464 g/mol. The van der Waals surface area contributed by atoms with E-state index >= 15 is 0 Å². The molecule has 4 atom stereocenters. The molecule has 202 valence electrons. The van der Waals surface area contributed by atoms with Gasteiger partial charge in [0.05, 0.1) is 5.92 Å². The molecule has 10 heteroatoms. The van der Waals surface area contributed by atoms with Crippen LogP contribution < -0.4 is 21.8 Å². The van der Waals surface area contributed by atoms with Gasteiger partial charge in [0, 0.05) is 30.0 Å². The van der Waals surface area contributed by atoms with Gasteiger partial charge in [-0.05, 0) is 57.4 Å². The summed E-state index contributed by atoms with van der Waals surface area (Å²) in [7, 11) is 0. The van der Waals surface area contributed by atoms with Gasteiger partial charge in [0.15, 0.2) is 11.9 Å². The van der Waals surface area contributed by atoms with Crippen molar-refractivity contribution in [2.24, 2.45) is 23.1 Å². The molecule has 0 bridgehead atoms. The number of carboxylic acids is 3. The Hall–Kier alpha value is -2.82. The van der Waals surface area contributed by atoms with Gasteiger partial charge < -0.3 is 32.5 Å². The molecule has 0 radical (unpaired) electrons. The summed E-state index contributed by atoms with van der Waals surface area (Å²) in [5.41, 5.74) is 20.3. The van der Waals surface area contributed by atoms with E-state index in [1.54, 1.807) is 13.0 Å². The van der Waals surface area contributed by atoms with Gasteiger partial charge in [0.25, 0.3) is 0 Å². The summed E-state index contributed by atoms with van der Waals surface area (Å²) in [5, 5.41) is 27.6. The second kappa shape index (κ2) is 16.0. The summed E-state index contributed by atoms with van der Waals surface area (Å²) in [6.07, 6.45) is 9.49. The topological polar surface area (TPSA) is 194 Å². The first kappa shape index (κ1) is 31.2. The minimum absolute atomic E-state index is 0.0658. The Morgan fingerprint density at radius 3 is 2.11 bits per heavy atom. The van der Waals surface area contributed by atoms with Crippen LogP contribution in [0.25, 0.3) is 0 Å². The second-order valence-electron chi connectivity index (χ2n) is 9.51. The molecule has 0 fully saturated rings. The van der Waals surface area contributed by atoms with Gasteiger partial charge in [-0.1, -0.05) is 13.0 Å². The van der Waals surface area contributed by atoms with E-state index in [-0.39, 0.29) is 12.5 Å². The lowest BCUT2D eigenvalue weighted by molar-refractivity contribution is -0.705. The van der Waals surface area contributed by atoms with Crippen LogP contribution in [0.1, 0.15) is 68.7 Å². The third-order valence-electron chi connectivity index (χ3n) is 6.46. The number of aliphatic carboxylic acids is 3. The lowest BCUT2D eigenvalue weighted by Gasteiger charge is -2.15. The van der Waals surface area contributed by atoms with Crippen LogP contribution in [-0.2, 0) is 40.2 Å². The largest absolute Gasteiger partial charge is 0.481 e. The molecule has 1 rings (SSSR count). The van der Waals surface area contributed by atoms with Crippen LogP contribution in [0.3, 0.4) is 0 Å². The molecule has 1 aromatic rings. The van der Waals surface area contributed by atoms with Gasteiger partial charge >= 0.3 is 17.9 Å². The molecule has 0 aliphatic rings. The number of pyridine rings is 1. The van der Waals surface area contributed by atoms with Crippen molar-refractivity contribution in [2.45, 2.75) is 95.8 Å². The number of aryl methyl sites for hydroxylation is 3. The van der Waals surface area contributed by atoms with E-state index in [0.717, 1.165) is 36.1 Å². The molecule has 4 unspecified atom stereocenters. The predicted molar refractivity (Wildman–Crippen MR) is 136 cm³/mol. The van der Waals surface area contributed by atoms with Crippen molar-refractivity contribution in [1.82, 2.24) is 0 Å². The van der Waals surface area contributed by atoms with Crippen molar-refractivity contribution in [3.63, 3.8) is 0 Å². The Morgan fingerprint density at radius 1 is 0.889 bits per heavy atom. The van der Waals surface area contributed by atoms with Gasteiger partial charge in [0.1, 0.15) is 18.6 Å². The van der Waals surface area contributed by atoms with Gasteiger partial charge in [-0.15, -0.1) is 6.58 Å². The molecule has 0 saturated heterocycles. The van der Waals surface area contributed by atoms with Crippen LogP contribution in [0.2, 0.25) is 0 Å². The predicted octanol–water partition coefficient (Wildman–Crippen LogP) is 1.39. The Bertz CT molecular complexity index is 891. The highest BCUT2D eigenvalue weighted by Gasteiger charge is 2.22. The molecule has 10 nitrogen and oxygen atoms in total. The SMILES string of the molecule is C=CC(N)CCCC[n+]1cc(CCC(C)C(=O)O)cc(CCC(N)C(=O)O)c1CCCC(N)C(=O)O. The number of unbranched alkanes of at least 4 members (excludes halogenated alkanes) is 1. The molecule has 0 amide bonds. The molecule has 0 aliphatic carbocycles. The van der Waals surface area contributed by atoms with Crippen LogP contribution in [0.15, 0.2) is 24.9 Å². The average Bonchev–Trinajstić information content (AvgIpc) is 2.83. The van der Waals surface area contributed by atoms with Crippen molar-refractivity contribution in [3.05, 3.63) is 41.7 Å². The van der Waals surface area contributed by atoms with E-state index in [0.29, 0.717) is 45.1 Å². The Morgan fingerprint density at radius 2 is 1.53 bits per heavy atom. The molecular formula is C26H43N4O6+. The maximum Gasteiger partial charge on any atom is 0.320 e. The van der Waals surface area contributed by atoms with E-state index < -0.39 is 35.9 Å². The first-order chi connectivity index (χ1) is 17.0. The highest BCUT2D eigenvalue weighted by atomic mass is 16.4. The summed E-state index contributed by atoms with van der Waals surface area (Å²) in [6, 6.07) is -0.00842. The van der Waals surface area contributed by atoms with Gasteiger partial charge in [-0.3, -0.25) is 14.4 Å². The lowest BCUT2D eigenvalue weighted by Crippen LogP contribution is -2.41. The summed E-state index contributed by atoms with van der Waals surface area (Å²) in [5.74, 6) is -3.45. The fraction of sp³-hybridized carbons (Fsp3) is 0.615. The molecule has 1 heterocycles. The van der Waals surface area contributed by atoms with Crippen LogP contribution >= 0.6 is 0 Å². The van der Waals surface area contributed by atoms with E-state index in [9.17, 15) is 24.6 Å². The van der Waals surface area contributed by atoms with Crippen molar-refractivity contribution >= 4 is 17.9 Å². The minimum Gasteiger partial charge on any atom is -0.481 e. The summed E-state index contributed by atoms with van der Waals surface area (Å²) < 4.78 is 2.13. The summed E-state index contributed by atoms with van der Waals surface area (Å²) in [6.45, 7) is 6.08. The van der Waals surface area contributed by atoms with Crippen molar-refractivity contribution < 1.29 is 34.3 Å². The highest BCUT2D eigenvalue weighted by molar-refractivity contribution is 5.73. The minimum atomic E-state index is -1.07. The monoisotopic (exact) mass is 507 g/mol. The number of carboxylic acid groups (broad SMARTS) is 3. The smallest absolute Gasteiger partial charge is 0.320 e. The van der Waals surface area contributed by atoms with Gasteiger partial charge in [-0.2, -0.15) is 0 Å². The molecule has 9 N–H and O–H groups in total. The Kier molecular flexibility index (Phi) is 13.9. The third-order valence-corrected chi connectivity index (χ3v) is 6.46. The van der Waals surface area contributed by atoms with Crippen LogP contribution in [0.4, 0.5) is 0 Å². The number of hydrogen-bond acceptors (Lipinski definition) is 6. The molecule has 0 aromatic carbocycles. The first-order valence-electron chi connectivity index (χ1n) is 12.6. The molecule has 0 saturated carbocycles. The van der Waals surface area contributed by atoms with Crippen LogP contribution in [-0.4, -0.2) is 51.4 Å². The lowest BCUT2D eigenvalue weighted by atomic mass is 9.95. The van der Waals surface area contributed by atoms with Crippen LogP contribution in [0.5, 0.6) is 0 Å². The summed E-state index contributed by atoms with van der Waals surface area (Å²) >= 11 is 0. The van der Waals surface area contributed by atoms with Crippen molar-refractivity contribution in [2.75, 3.05) is 0 Å². The van der Waals surface area contributed by atoms with Crippen LogP contribution in [0, 0.1) is 5.92 Å². The highest BCUT2D eigenvalue weighted by Crippen LogP contribution is 2.18. The zero-order chi connectivity index (χ0) is 27.3. The standard InChI is InChI=1S/C26H42N4O6/c1-3-20(27)7-4-5-14-30-16-18(11-10-17(2)24(31)32)15-19(12-13-22(29)26(35)36)23(30)9-6-8-21(28)25(33)34/h3,15-17,20-22H,1,4-14,27-29H2,2H3,(H2-,31,32,33,34,35,36)/p+1. The maximum absolute atomic E-state index is 11.3. The fourth-order valence-electron chi connectivity index (χ4n) is 4.00. The number of aromatic nitrogens is 1. The number of nitrogens with two attached hydrogens (primary N) is 3.